The van der Waals surface area contributed by atoms with Crippen molar-refractivity contribution in [2.75, 3.05) is 26.0 Å². The molecule has 4 heteroatoms. The van der Waals surface area contributed by atoms with Crippen LogP contribution in [-0.2, 0) is 4.74 Å². The molecule has 1 unspecified atom stereocenters. The zero-order valence-corrected chi connectivity index (χ0v) is 13.3. The van der Waals surface area contributed by atoms with Gasteiger partial charge in [-0.05, 0) is 24.2 Å². The van der Waals surface area contributed by atoms with Gasteiger partial charge in [-0.2, -0.15) is 0 Å². The minimum atomic E-state index is 0.218. The van der Waals surface area contributed by atoms with Crippen molar-refractivity contribution in [3.8, 4) is 0 Å². The molecule has 0 aromatic rings. The number of methoxy groups -OCH3 is 1. The van der Waals surface area contributed by atoms with Crippen molar-refractivity contribution in [2.24, 2.45) is 16.3 Å². The third-order valence-electron chi connectivity index (χ3n) is 3.41. The number of thioether (sulfide) groups is 1. The monoisotopic (exact) mass is 272 g/mol. The number of hydrogen-bond donors (Lipinski definition) is 1. The first kappa shape index (κ1) is 15.8. The maximum Gasteiger partial charge on any atom is 0.156 e. The van der Waals surface area contributed by atoms with E-state index in [0.29, 0.717) is 12.0 Å². The summed E-state index contributed by atoms with van der Waals surface area (Å²) in [7, 11) is 1.76. The van der Waals surface area contributed by atoms with Gasteiger partial charge in [-0.3, -0.25) is 4.99 Å². The van der Waals surface area contributed by atoms with Crippen LogP contribution in [-0.4, -0.2) is 37.2 Å². The molecule has 1 fully saturated rings. The molecule has 0 radical (unpaired) electrons. The minimum absolute atomic E-state index is 0.218. The van der Waals surface area contributed by atoms with Crippen molar-refractivity contribution in [3.05, 3.63) is 0 Å². The van der Waals surface area contributed by atoms with Crippen LogP contribution in [0.25, 0.3) is 0 Å². The SMILES string of the molecule is COCCC(C)(C)CN=C1NC(C(C)C)CCS1. The lowest BCUT2D eigenvalue weighted by Crippen LogP contribution is -2.41. The van der Waals surface area contributed by atoms with E-state index in [0.717, 1.165) is 24.7 Å². The second-order valence-electron chi connectivity index (χ2n) is 6.16. The van der Waals surface area contributed by atoms with Crippen LogP contribution in [0.4, 0.5) is 0 Å². The highest BCUT2D eigenvalue weighted by atomic mass is 32.2. The van der Waals surface area contributed by atoms with E-state index >= 15 is 0 Å². The van der Waals surface area contributed by atoms with Gasteiger partial charge in [0.2, 0.25) is 0 Å². The van der Waals surface area contributed by atoms with Crippen molar-refractivity contribution in [2.45, 2.75) is 46.6 Å². The molecule has 0 bridgehead atoms. The van der Waals surface area contributed by atoms with Crippen LogP contribution >= 0.6 is 11.8 Å². The smallest absolute Gasteiger partial charge is 0.156 e. The predicted octanol–water partition coefficient (Wildman–Crippen LogP) is 3.16. The largest absolute Gasteiger partial charge is 0.385 e. The van der Waals surface area contributed by atoms with Gasteiger partial charge >= 0.3 is 0 Å². The quantitative estimate of drug-likeness (QED) is 0.806. The molecular weight excluding hydrogens is 244 g/mol. The molecule has 1 heterocycles. The molecule has 0 aromatic heterocycles. The lowest BCUT2D eigenvalue weighted by Gasteiger charge is -2.29. The molecule has 1 aliphatic heterocycles. The van der Waals surface area contributed by atoms with Gasteiger partial charge in [-0.25, -0.2) is 0 Å². The summed E-state index contributed by atoms with van der Waals surface area (Å²) >= 11 is 1.86. The highest BCUT2D eigenvalue weighted by Gasteiger charge is 2.22. The van der Waals surface area contributed by atoms with E-state index in [-0.39, 0.29) is 5.41 Å². The molecule has 1 N–H and O–H groups in total. The lowest BCUT2D eigenvalue weighted by atomic mass is 9.90. The highest BCUT2D eigenvalue weighted by molar-refractivity contribution is 8.13. The topological polar surface area (TPSA) is 33.6 Å². The van der Waals surface area contributed by atoms with Crippen molar-refractivity contribution >= 4 is 16.9 Å². The maximum atomic E-state index is 5.15. The molecule has 3 nitrogen and oxygen atoms in total. The van der Waals surface area contributed by atoms with Crippen molar-refractivity contribution in [1.82, 2.24) is 5.32 Å². The third-order valence-corrected chi connectivity index (χ3v) is 4.38. The standard InChI is InChI=1S/C14H28N2OS/c1-11(2)12-6-9-18-13(16-12)15-10-14(3,4)7-8-17-5/h11-12H,6-10H2,1-5H3,(H,15,16). The maximum absolute atomic E-state index is 5.15. The van der Waals surface area contributed by atoms with E-state index in [4.69, 9.17) is 9.73 Å². The van der Waals surface area contributed by atoms with Gasteiger partial charge in [0.25, 0.3) is 0 Å². The van der Waals surface area contributed by atoms with Gasteiger partial charge in [0, 0.05) is 32.1 Å². The molecule has 0 amide bonds. The summed E-state index contributed by atoms with van der Waals surface area (Å²) in [6.45, 7) is 10.7. The number of aliphatic imine (C=N–C) groups is 1. The van der Waals surface area contributed by atoms with E-state index in [2.05, 4.69) is 33.0 Å². The summed E-state index contributed by atoms with van der Waals surface area (Å²) in [6.07, 6.45) is 2.30. The first-order valence-electron chi connectivity index (χ1n) is 6.87. The average Bonchev–Trinajstić information content (AvgIpc) is 2.34. The van der Waals surface area contributed by atoms with Crippen LogP contribution in [0.2, 0.25) is 0 Å². The Bertz CT molecular complexity index is 277. The van der Waals surface area contributed by atoms with Gasteiger partial charge in [-0.1, -0.05) is 39.5 Å². The molecule has 1 saturated heterocycles. The fourth-order valence-corrected chi connectivity index (χ4v) is 2.85. The Labute approximate surface area is 116 Å². The Hall–Kier alpha value is -0.220. The summed E-state index contributed by atoms with van der Waals surface area (Å²) in [5, 5.41) is 4.69. The summed E-state index contributed by atoms with van der Waals surface area (Å²) < 4.78 is 5.15. The molecule has 0 spiro atoms. The lowest BCUT2D eigenvalue weighted by molar-refractivity contribution is 0.155. The highest BCUT2D eigenvalue weighted by Crippen LogP contribution is 2.23. The molecule has 0 aliphatic carbocycles. The zero-order chi connectivity index (χ0) is 13.6. The van der Waals surface area contributed by atoms with Crippen molar-refractivity contribution < 1.29 is 4.74 Å². The molecule has 1 rings (SSSR count). The molecule has 0 saturated carbocycles. The number of nitrogens with zero attached hydrogens (tertiary/aromatic N) is 1. The van der Waals surface area contributed by atoms with E-state index < -0.39 is 0 Å². The first-order valence-corrected chi connectivity index (χ1v) is 7.86. The Morgan fingerprint density at radius 1 is 1.50 bits per heavy atom. The van der Waals surface area contributed by atoms with Gasteiger partial charge in [0.05, 0.1) is 0 Å². The van der Waals surface area contributed by atoms with Crippen molar-refractivity contribution in [1.29, 1.82) is 0 Å². The van der Waals surface area contributed by atoms with Gasteiger partial charge in [-0.15, -0.1) is 0 Å². The normalized spacial score (nSPS) is 23.4. The summed E-state index contributed by atoms with van der Waals surface area (Å²) in [6, 6.07) is 0.590. The number of amidine groups is 1. The third kappa shape index (κ3) is 5.61. The average molecular weight is 272 g/mol. The Morgan fingerprint density at radius 3 is 2.83 bits per heavy atom. The van der Waals surface area contributed by atoms with Crippen LogP contribution in [0.1, 0.15) is 40.5 Å². The van der Waals surface area contributed by atoms with Crippen LogP contribution < -0.4 is 5.32 Å². The molecule has 18 heavy (non-hydrogen) atoms. The molecule has 0 aromatic carbocycles. The van der Waals surface area contributed by atoms with Crippen LogP contribution in [0.3, 0.4) is 0 Å². The van der Waals surface area contributed by atoms with E-state index in [1.54, 1.807) is 7.11 Å². The van der Waals surface area contributed by atoms with E-state index in [1.807, 2.05) is 11.8 Å². The van der Waals surface area contributed by atoms with E-state index in [1.165, 1.54) is 12.2 Å². The van der Waals surface area contributed by atoms with E-state index in [9.17, 15) is 0 Å². The van der Waals surface area contributed by atoms with Gasteiger partial charge in [0.1, 0.15) is 0 Å². The van der Waals surface area contributed by atoms with Crippen LogP contribution in [0, 0.1) is 11.3 Å². The number of nitrogens with one attached hydrogen (secondary N) is 1. The fourth-order valence-electron chi connectivity index (χ4n) is 1.89. The Kier molecular flexibility index (Phi) is 6.50. The second kappa shape index (κ2) is 7.39. The summed E-state index contributed by atoms with van der Waals surface area (Å²) in [5.41, 5.74) is 0.218. The Balaban J connectivity index is 2.45. The number of rotatable bonds is 6. The number of ether oxygens (including phenoxy) is 1. The zero-order valence-electron chi connectivity index (χ0n) is 12.5. The van der Waals surface area contributed by atoms with Crippen LogP contribution in [0.15, 0.2) is 4.99 Å². The van der Waals surface area contributed by atoms with Gasteiger partial charge in [0.15, 0.2) is 5.17 Å². The molecule has 1 atom stereocenters. The Morgan fingerprint density at radius 2 is 2.22 bits per heavy atom. The molecule has 1 aliphatic rings. The predicted molar refractivity (Wildman–Crippen MR) is 81.4 cm³/mol. The van der Waals surface area contributed by atoms with Crippen LogP contribution in [0.5, 0.6) is 0 Å². The van der Waals surface area contributed by atoms with Crippen molar-refractivity contribution in [3.63, 3.8) is 0 Å². The summed E-state index contributed by atoms with van der Waals surface area (Å²) in [4.78, 5) is 4.75. The van der Waals surface area contributed by atoms with Gasteiger partial charge < -0.3 is 10.1 Å². The first-order chi connectivity index (χ1) is 8.44. The number of hydrogen-bond acceptors (Lipinski definition) is 3. The molecule has 106 valence electrons. The molecular formula is C14H28N2OS. The second-order valence-corrected chi connectivity index (χ2v) is 7.24. The summed E-state index contributed by atoms with van der Waals surface area (Å²) in [5.74, 6) is 1.87. The fraction of sp³-hybridized carbons (Fsp3) is 0.929. The minimum Gasteiger partial charge on any atom is -0.385 e.